The van der Waals surface area contributed by atoms with Crippen LogP contribution in [0.1, 0.15) is 39.5 Å². The first kappa shape index (κ1) is 12.8. The molecule has 0 atom stereocenters. The molecular formula is C11H19NO2. The van der Waals surface area contributed by atoms with Crippen molar-refractivity contribution in [2.24, 2.45) is 0 Å². The first-order chi connectivity index (χ1) is 6.85. The summed E-state index contributed by atoms with van der Waals surface area (Å²) in [5.41, 5.74) is 0. The van der Waals surface area contributed by atoms with Crippen LogP contribution in [0.25, 0.3) is 0 Å². The van der Waals surface area contributed by atoms with E-state index in [1.54, 1.807) is 0 Å². The van der Waals surface area contributed by atoms with Crippen LogP contribution in [0, 0.1) is 11.3 Å². The molecule has 0 aromatic heterocycles. The second-order valence-corrected chi connectivity index (χ2v) is 3.00. The van der Waals surface area contributed by atoms with E-state index in [1.807, 2.05) is 6.07 Å². The minimum absolute atomic E-state index is 0.356. The molecule has 0 N–H and O–H groups in total. The molecule has 3 heteroatoms. The number of allylic oxidation sites excluding steroid dienone is 1. The van der Waals surface area contributed by atoms with Gasteiger partial charge in [0.05, 0.1) is 25.4 Å². The van der Waals surface area contributed by atoms with Gasteiger partial charge in [0.15, 0.2) is 0 Å². The molecule has 0 aliphatic rings. The Labute approximate surface area is 86.3 Å². The summed E-state index contributed by atoms with van der Waals surface area (Å²) in [4.78, 5) is 0. The Bertz CT molecular complexity index is 182. The van der Waals surface area contributed by atoms with Crippen LogP contribution in [0.3, 0.4) is 0 Å². The van der Waals surface area contributed by atoms with E-state index in [9.17, 15) is 0 Å². The summed E-state index contributed by atoms with van der Waals surface area (Å²) in [5, 5.41) is 8.46. The van der Waals surface area contributed by atoms with Gasteiger partial charge < -0.3 is 9.47 Å². The maximum absolute atomic E-state index is 8.46. The third-order valence-corrected chi connectivity index (χ3v) is 1.67. The van der Waals surface area contributed by atoms with Gasteiger partial charge in [-0.15, -0.1) is 0 Å². The van der Waals surface area contributed by atoms with Crippen molar-refractivity contribution in [2.45, 2.75) is 39.5 Å². The lowest BCUT2D eigenvalue weighted by atomic mass is 10.4. The average molecular weight is 197 g/mol. The third kappa shape index (κ3) is 7.48. The van der Waals surface area contributed by atoms with E-state index in [-0.39, 0.29) is 0 Å². The lowest BCUT2D eigenvalue weighted by Crippen LogP contribution is -2.01. The minimum atomic E-state index is 0.356. The topological polar surface area (TPSA) is 42.2 Å². The number of nitrogens with zero attached hydrogens (tertiary/aromatic N) is 1. The molecule has 0 aromatic carbocycles. The monoisotopic (exact) mass is 197 g/mol. The van der Waals surface area contributed by atoms with Gasteiger partial charge in [0.2, 0.25) is 0 Å². The first-order valence-electron chi connectivity index (χ1n) is 5.20. The predicted octanol–water partition coefficient (Wildman–Crippen LogP) is 2.98. The molecule has 3 nitrogen and oxygen atoms in total. The van der Waals surface area contributed by atoms with Gasteiger partial charge in [-0.05, 0) is 12.8 Å². The Morgan fingerprint density at radius 3 is 2.00 bits per heavy atom. The molecule has 0 rings (SSSR count). The van der Waals surface area contributed by atoms with Gasteiger partial charge in [-0.2, -0.15) is 5.26 Å². The van der Waals surface area contributed by atoms with Crippen LogP contribution in [-0.4, -0.2) is 13.2 Å². The van der Waals surface area contributed by atoms with E-state index in [2.05, 4.69) is 13.8 Å². The molecule has 14 heavy (non-hydrogen) atoms. The number of hydrogen-bond acceptors (Lipinski definition) is 3. The third-order valence-electron chi connectivity index (χ3n) is 1.67. The van der Waals surface area contributed by atoms with Crippen LogP contribution in [0.2, 0.25) is 0 Å². The molecular weight excluding hydrogens is 178 g/mol. The molecule has 0 saturated heterocycles. The largest absolute Gasteiger partial charge is 0.465 e. The number of nitriles is 1. The summed E-state index contributed by atoms with van der Waals surface area (Å²) in [5.74, 6) is 0.356. The molecule has 0 saturated carbocycles. The van der Waals surface area contributed by atoms with Gasteiger partial charge in [0.1, 0.15) is 0 Å². The van der Waals surface area contributed by atoms with E-state index < -0.39 is 0 Å². The van der Waals surface area contributed by atoms with Crippen molar-refractivity contribution in [1.82, 2.24) is 0 Å². The normalized spacial score (nSPS) is 8.93. The van der Waals surface area contributed by atoms with Gasteiger partial charge in [-0.1, -0.05) is 26.7 Å². The highest BCUT2D eigenvalue weighted by atomic mass is 16.7. The number of rotatable bonds is 8. The number of ether oxygens (including phenoxy) is 2. The summed E-state index contributed by atoms with van der Waals surface area (Å²) in [6, 6.07) is 1.91. The molecule has 0 fully saturated rings. The van der Waals surface area contributed by atoms with E-state index in [1.165, 1.54) is 6.08 Å². The molecule has 0 heterocycles. The average Bonchev–Trinajstić information content (AvgIpc) is 2.18. The summed E-state index contributed by atoms with van der Waals surface area (Å²) >= 11 is 0. The van der Waals surface area contributed by atoms with Crippen molar-refractivity contribution in [3.05, 3.63) is 12.0 Å². The van der Waals surface area contributed by atoms with Crippen LogP contribution >= 0.6 is 0 Å². The molecule has 0 aliphatic carbocycles. The Morgan fingerprint density at radius 2 is 1.64 bits per heavy atom. The zero-order valence-electron chi connectivity index (χ0n) is 9.08. The highest BCUT2D eigenvalue weighted by Gasteiger charge is 1.98. The fraction of sp³-hybridized carbons (Fsp3) is 0.727. The van der Waals surface area contributed by atoms with E-state index in [0.29, 0.717) is 19.2 Å². The second kappa shape index (κ2) is 9.91. The van der Waals surface area contributed by atoms with Gasteiger partial charge in [-0.25, -0.2) is 0 Å². The van der Waals surface area contributed by atoms with E-state index in [0.717, 1.165) is 25.7 Å². The van der Waals surface area contributed by atoms with Gasteiger partial charge >= 0.3 is 0 Å². The van der Waals surface area contributed by atoms with Crippen molar-refractivity contribution >= 4 is 0 Å². The smallest absolute Gasteiger partial charge is 0.290 e. The SMILES string of the molecule is CCCCOC(=CC#N)OCCCC. The standard InChI is InChI=1S/C11H19NO2/c1-3-5-9-13-11(7-8-12)14-10-6-4-2/h7H,3-6,9-10H2,1-2H3. The quantitative estimate of drug-likeness (QED) is 0.341. The molecule has 80 valence electrons. The maximum atomic E-state index is 8.46. The minimum Gasteiger partial charge on any atom is -0.465 e. The van der Waals surface area contributed by atoms with Crippen molar-refractivity contribution in [3.63, 3.8) is 0 Å². The van der Waals surface area contributed by atoms with Gasteiger partial charge in [0, 0.05) is 0 Å². The fourth-order valence-electron chi connectivity index (χ4n) is 0.812. The molecule has 0 spiro atoms. The second-order valence-electron chi connectivity index (χ2n) is 3.00. The molecule has 0 unspecified atom stereocenters. The Balaban J connectivity index is 3.68. The maximum Gasteiger partial charge on any atom is 0.290 e. The molecule has 0 aliphatic heterocycles. The summed E-state index contributed by atoms with van der Waals surface area (Å²) < 4.78 is 10.6. The zero-order valence-corrected chi connectivity index (χ0v) is 9.08. The highest BCUT2D eigenvalue weighted by Crippen LogP contribution is 2.03. The van der Waals surface area contributed by atoms with E-state index >= 15 is 0 Å². The van der Waals surface area contributed by atoms with Crippen molar-refractivity contribution in [3.8, 4) is 6.07 Å². The van der Waals surface area contributed by atoms with Crippen molar-refractivity contribution in [1.29, 1.82) is 5.26 Å². The van der Waals surface area contributed by atoms with Crippen LogP contribution in [0.15, 0.2) is 12.0 Å². The van der Waals surface area contributed by atoms with Crippen LogP contribution in [0.4, 0.5) is 0 Å². The molecule has 0 radical (unpaired) electrons. The molecule has 0 aromatic rings. The summed E-state index contributed by atoms with van der Waals surface area (Å²) in [6.45, 7) is 5.43. The first-order valence-corrected chi connectivity index (χ1v) is 5.20. The fourth-order valence-corrected chi connectivity index (χ4v) is 0.812. The zero-order chi connectivity index (χ0) is 10.6. The Hall–Kier alpha value is -1.17. The molecule has 0 amide bonds. The Morgan fingerprint density at radius 1 is 1.14 bits per heavy atom. The van der Waals surface area contributed by atoms with Crippen LogP contribution in [-0.2, 0) is 9.47 Å². The number of unbranched alkanes of at least 4 members (excludes halogenated alkanes) is 2. The molecule has 0 bridgehead atoms. The predicted molar refractivity (Wildman–Crippen MR) is 55.4 cm³/mol. The highest BCUT2D eigenvalue weighted by molar-refractivity contribution is 5.03. The van der Waals surface area contributed by atoms with Crippen LogP contribution in [0.5, 0.6) is 0 Å². The van der Waals surface area contributed by atoms with Crippen molar-refractivity contribution in [2.75, 3.05) is 13.2 Å². The van der Waals surface area contributed by atoms with Gasteiger partial charge in [-0.3, -0.25) is 0 Å². The van der Waals surface area contributed by atoms with Crippen LogP contribution < -0.4 is 0 Å². The lowest BCUT2D eigenvalue weighted by molar-refractivity contribution is 0.0334. The van der Waals surface area contributed by atoms with Gasteiger partial charge in [0.25, 0.3) is 5.95 Å². The van der Waals surface area contributed by atoms with Crippen molar-refractivity contribution < 1.29 is 9.47 Å². The Kier molecular flexibility index (Phi) is 9.09. The lowest BCUT2D eigenvalue weighted by Gasteiger charge is -2.09. The van der Waals surface area contributed by atoms with E-state index in [4.69, 9.17) is 14.7 Å². The summed E-state index contributed by atoms with van der Waals surface area (Å²) in [7, 11) is 0. The number of hydrogen-bond donors (Lipinski definition) is 0. The summed E-state index contributed by atoms with van der Waals surface area (Å²) in [6.07, 6.45) is 5.44.